The van der Waals surface area contributed by atoms with Crippen molar-refractivity contribution >= 4 is 28.4 Å². The number of halogens is 1. The van der Waals surface area contributed by atoms with E-state index < -0.39 is 0 Å². The number of fused-ring (bicyclic) bond motifs is 1. The molecule has 0 spiro atoms. The highest BCUT2D eigenvalue weighted by Crippen LogP contribution is 2.20. The third-order valence-electron chi connectivity index (χ3n) is 2.23. The van der Waals surface area contributed by atoms with E-state index in [-0.39, 0.29) is 0 Å². The van der Waals surface area contributed by atoms with Gasteiger partial charge < -0.3 is 0 Å². The molecule has 0 aromatic heterocycles. The van der Waals surface area contributed by atoms with Crippen LogP contribution in [0.25, 0.3) is 0 Å². The van der Waals surface area contributed by atoms with Crippen LogP contribution in [0.1, 0.15) is 17.5 Å². The quantitative estimate of drug-likeness (QED) is 0.662. The van der Waals surface area contributed by atoms with Gasteiger partial charge in [0.25, 0.3) is 0 Å². The lowest BCUT2D eigenvalue weighted by atomic mass is 9.91. The summed E-state index contributed by atoms with van der Waals surface area (Å²) in [6.07, 6.45) is 2.31. The Labute approximate surface area is 85.3 Å². The fourth-order valence-electron chi connectivity index (χ4n) is 1.58. The molecule has 0 radical (unpaired) electrons. The largest absolute Gasteiger partial charge is 0.299 e. The number of hydrogen-bond acceptors (Lipinski definition) is 1. The molecule has 0 aliphatic heterocycles. The molecule has 1 aliphatic carbocycles. The zero-order chi connectivity index (χ0) is 8.55. The standard InChI is InChI=1S/C10H9IO/c11-9-3-1-7-2-4-10(12)6-8(7)5-9/h1,3,5H,2,4,6H2. The number of carbonyl (C=O) groups excluding carboxylic acids is 1. The van der Waals surface area contributed by atoms with E-state index in [4.69, 9.17) is 0 Å². The second kappa shape index (κ2) is 3.17. The van der Waals surface area contributed by atoms with Gasteiger partial charge >= 0.3 is 0 Å². The highest BCUT2D eigenvalue weighted by atomic mass is 127. The molecule has 0 heterocycles. The highest BCUT2D eigenvalue weighted by Gasteiger charge is 2.14. The molecular formula is C10H9IO. The first-order valence-electron chi connectivity index (χ1n) is 4.05. The number of hydrogen-bond donors (Lipinski definition) is 0. The van der Waals surface area contributed by atoms with Crippen molar-refractivity contribution < 1.29 is 4.79 Å². The first-order chi connectivity index (χ1) is 5.75. The lowest BCUT2D eigenvalue weighted by Crippen LogP contribution is -2.13. The molecule has 12 heavy (non-hydrogen) atoms. The van der Waals surface area contributed by atoms with Gasteiger partial charge in [-0.05, 0) is 52.3 Å². The molecule has 0 unspecified atom stereocenters. The van der Waals surface area contributed by atoms with E-state index >= 15 is 0 Å². The summed E-state index contributed by atoms with van der Waals surface area (Å²) >= 11 is 2.28. The molecular weight excluding hydrogens is 263 g/mol. The summed E-state index contributed by atoms with van der Waals surface area (Å²) in [4.78, 5) is 11.1. The second-order valence-electron chi connectivity index (χ2n) is 3.13. The van der Waals surface area contributed by atoms with E-state index in [2.05, 4.69) is 40.8 Å². The molecule has 0 N–H and O–H groups in total. The highest BCUT2D eigenvalue weighted by molar-refractivity contribution is 14.1. The lowest BCUT2D eigenvalue weighted by Gasteiger charge is -2.14. The van der Waals surface area contributed by atoms with Crippen molar-refractivity contribution in [2.75, 3.05) is 0 Å². The van der Waals surface area contributed by atoms with Crippen molar-refractivity contribution in [3.8, 4) is 0 Å². The Hall–Kier alpha value is -0.380. The Morgan fingerprint density at radius 3 is 2.83 bits per heavy atom. The molecule has 1 aromatic rings. The molecule has 2 rings (SSSR count). The third-order valence-corrected chi connectivity index (χ3v) is 2.90. The zero-order valence-electron chi connectivity index (χ0n) is 6.64. The first kappa shape index (κ1) is 8.23. The molecule has 1 aliphatic rings. The summed E-state index contributed by atoms with van der Waals surface area (Å²) in [5.74, 6) is 0.379. The molecule has 0 fully saturated rings. The van der Waals surface area contributed by atoms with Crippen molar-refractivity contribution in [2.45, 2.75) is 19.3 Å². The smallest absolute Gasteiger partial charge is 0.137 e. The fraction of sp³-hybridized carbons (Fsp3) is 0.300. The average molecular weight is 272 g/mol. The summed E-state index contributed by atoms with van der Waals surface area (Å²) in [7, 11) is 0. The Kier molecular flexibility index (Phi) is 2.17. The minimum atomic E-state index is 0.379. The van der Waals surface area contributed by atoms with Crippen LogP contribution in [0.4, 0.5) is 0 Å². The van der Waals surface area contributed by atoms with Crippen molar-refractivity contribution in [1.82, 2.24) is 0 Å². The number of carbonyl (C=O) groups is 1. The van der Waals surface area contributed by atoms with Crippen LogP contribution in [0.2, 0.25) is 0 Å². The average Bonchev–Trinajstić information content (AvgIpc) is 2.03. The van der Waals surface area contributed by atoms with Crippen molar-refractivity contribution in [1.29, 1.82) is 0 Å². The molecule has 0 bridgehead atoms. The zero-order valence-corrected chi connectivity index (χ0v) is 8.80. The Morgan fingerprint density at radius 1 is 1.17 bits per heavy atom. The number of aryl methyl sites for hydroxylation is 1. The predicted molar refractivity (Wildman–Crippen MR) is 56.2 cm³/mol. The van der Waals surface area contributed by atoms with Crippen molar-refractivity contribution in [3.63, 3.8) is 0 Å². The Morgan fingerprint density at radius 2 is 2.00 bits per heavy atom. The minimum absolute atomic E-state index is 0.379. The fourth-order valence-corrected chi connectivity index (χ4v) is 2.13. The van der Waals surface area contributed by atoms with Crippen LogP contribution in [-0.2, 0) is 17.6 Å². The Balaban J connectivity index is 2.44. The molecule has 0 saturated heterocycles. The summed E-state index contributed by atoms with van der Waals surface area (Å²) in [6, 6.07) is 6.37. The number of Topliss-reactive ketones (excluding diaryl/α,β-unsaturated/α-hetero) is 1. The maximum absolute atomic E-state index is 11.1. The van der Waals surface area contributed by atoms with E-state index in [1.54, 1.807) is 0 Å². The molecule has 1 aromatic carbocycles. The summed E-state index contributed by atoms with van der Waals surface area (Å²) in [6.45, 7) is 0. The van der Waals surface area contributed by atoms with Gasteiger partial charge in [0.1, 0.15) is 5.78 Å². The topological polar surface area (TPSA) is 17.1 Å². The van der Waals surface area contributed by atoms with Gasteiger partial charge in [-0.2, -0.15) is 0 Å². The van der Waals surface area contributed by atoms with E-state index in [9.17, 15) is 4.79 Å². The predicted octanol–water partition coefficient (Wildman–Crippen LogP) is 2.35. The van der Waals surface area contributed by atoms with Crippen LogP contribution in [0.15, 0.2) is 18.2 Å². The van der Waals surface area contributed by atoms with E-state index in [0.717, 1.165) is 12.8 Å². The Bertz CT molecular complexity index is 331. The van der Waals surface area contributed by atoms with Gasteiger partial charge in [-0.3, -0.25) is 4.79 Å². The maximum atomic E-state index is 11.1. The first-order valence-corrected chi connectivity index (χ1v) is 5.12. The van der Waals surface area contributed by atoms with Gasteiger partial charge in [0.05, 0.1) is 0 Å². The molecule has 0 amide bonds. The maximum Gasteiger partial charge on any atom is 0.137 e. The van der Waals surface area contributed by atoms with Gasteiger partial charge in [0.2, 0.25) is 0 Å². The van der Waals surface area contributed by atoms with Crippen LogP contribution in [0.3, 0.4) is 0 Å². The number of rotatable bonds is 0. The minimum Gasteiger partial charge on any atom is -0.299 e. The lowest BCUT2D eigenvalue weighted by molar-refractivity contribution is -0.118. The molecule has 0 saturated carbocycles. The number of benzene rings is 1. The van der Waals surface area contributed by atoms with Crippen molar-refractivity contribution in [3.05, 3.63) is 32.9 Å². The summed E-state index contributed by atoms with van der Waals surface area (Å²) < 4.78 is 1.22. The van der Waals surface area contributed by atoms with Crippen LogP contribution < -0.4 is 0 Å². The van der Waals surface area contributed by atoms with E-state index in [0.29, 0.717) is 12.2 Å². The monoisotopic (exact) mass is 272 g/mol. The van der Waals surface area contributed by atoms with Gasteiger partial charge in [-0.1, -0.05) is 6.07 Å². The normalized spacial score (nSPS) is 15.9. The summed E-state index contributed by atoms with van der Waals surface area (Å²) in [5, 5.41) is 0. The number of ketones is 1. The third kappa shape index (κ3) is 1.53. The van der Waals surface area contributed by atoms with Gasteiger partial charge in [0.15, 0.2) is 0 Å². The van der Waals surface area contributed by atoms with E-state index in [1.807, 2.05) is 0 Å². The second-order valence-corrected chi connectivity index (χ2v) is 4.37. The van der Waals surface area contributed by atoms with Gasteiger partial charge in [0, 0.05) is 16.4 Å². The van der Waals surface area contributed by atoms with Crippen LogP contribution in [-0.4, -0.2) is 5.78 Å². The van der Waals surface area contributed by atoms with Crippen LogP contribution in [0, 0.1) is 3.57 Å². The molecule has 1 nitrogen and oxygen atoms in total. The summed E-state index contributed by atoms with van der Waals surface area (Å²) in [5.41, 5.74) is 2.59. The SMILES string of the molecule is O=C1CCc2ccc(I)cc2C1. The van der Waals surface area contributed by atoms with E-state index in [1.165, 1.54) is 14.7 Å². The van der Waals surface area contributed by atoms with Crippen molar-refractivity contribution in [2.24, 2.45) is 0 Å². The molecule has 62 valence electrons. The van der Waals surface area contributed by atoms with Crippen LogP contribution in [0.5, 0.6) is 0 Å². The van der Waals surface area contributed by atoms with Gasteiger partial charge in [-0.25, -0.2) is 0 Å². The molecule has 0 atom stereocenters. The molecule has 2 heteroatoms. The van der Waals surface area contributed by atoms with Gasteiger partial charge in [-0.15, -0.1) is 0 Å². The van der Waals surface area contributed by atoms with Crippen LogP contribution >= 0.6 is 22.6 Å².